The number of ether oxygens (including phenoxy) is 1. The topological polar surface area (TPSA) is 118 Å². The maximum absolute atomic E-state index is 13.8. The number of aryl methyl sites for hydroxylation is 1. The van der Waals surface area contributed by atoms with Crippen LogP contribution in [-0.4, -0.2) is 77.6 Å². The fraction of sp³-hybridized carbons (Fsp3) is 0.462. The molecule has 0 saturated carbocycles. The number of hydrogen-bond acceptors (Lipinski definition) is 8. The number of piperazine rings is 1. The van der Waals surface area contributed by atoms with Crippen LogP contribution in [0.15, 0.2) is 36.9 Å². The predicted octanol–water partition coefficient (Wildman–Crippen LogP) is 2.65. The van der Waals surface area contributed by atoms with Gasteiger partial charge in [-0.3, -0.25) is 14.5 Å². The molecule has 11 nitrogen and oxygen atoms in total. The fourth-order valence-electron chi connectivity index (χ4n) is 5.09. The van der Waals surface area contributed by atoms with Gasteiger partial charge >= 0.3 is 0 Å². The summed E-state index contributed by atoms with van der Waals surface area (Å²) in [5.74, 6) is -0.972. The first-order valence-electron chi connectivity index (χ1n) is 12.8. The van der Waals surface area contributed by atoms with E-state index in [0.717, 1.165) is 30.8 Å². The van der Waals surface area contributed by atoms with Gasteiger partial charge in [0.2, 0.25) is 17.7 Å². The maximum Gasteiger partial charge on any atom is 0.242 e. The molecule has 2 atom stereocenters. The Kier molecular flexibility index (Phi) is 7.25. The van der Waals surface area contributed by atoms with Gasteiger partial charge in [-0.25, -0.2) is 28.4 Å². The summed E-state index contributed by atoms with van der Waals surface area (Å²) in [5.41, 5.74) is -0.471. The Hall–Kier alpha value is -4.00. The van der Waals surface area contributed by atoms with Gasteiger partial charge < -0.3 is 15.0 Å². The smallest absolute Gasteiger partial charge is 0.242 e. The average molecular weight is 541 g/mol. The maximum atomic E-state index is 13.8. The monoisotopic (exact) mass is 540 g/mol. The molecule has 3 aromatic rings. The minimum atomic E-state index is -0.865. The molecule has 1 fully saturated rings. The highest BCUT2D eigenvalue weighted by atomic mass is 19.1. The third-order valence-corrected chi connectivity index (χ3v) is 7.27. The Morgan fingerprint density at radius 3 is 2.69 bits per heavy atom. The van der Waals surface area contributed by atoms with E-state index in [1.54, 1.807) is 6.92 Å². The molecule has 0 unspecified atom stereocenters. The quantitative estimate of drug-likeness (QED) is 0.507. The van der Waals surface area contributed by atoms with Gasteiger partial charge in [0.1, 0.15) is 18.0 Å². The fourth-order valence-corrected chi connectivity index (χ4v) is 5.09. The first-order chi connectivity index (χ1) is 18.6. The molecular formula is C26H30F2N8O3. The van der Waals surface area contributed by atoms with Gasteiger partial charge in [0, 0.05) is 32.1 Å². The molecular weight excluding hydrogens is 510 g/mol. The Morgan fingerprint density at radius 2 is 1.97 bits per heavy atom. The highest BCUT2D eigenvalue weighted by molar-refractivity contribution is 5.93. The lowest BCUT2D eigenvalue weighted by Gasteiger charge is -2.49. The number of nitrogens with one attached hydrogen (secondary N) is 1. The Bertz CT molecular complexity index is 1360. The summed E-state index contributed by atoms with van der Waals surface area (Å²) in [5, 5.41) is 6.97. The van der Waals surface area contributed by atoms with Gasteiger partial charge in [-0.05, 0) is 39.3 Å². The number of amides is 2. The second-order valence-corrected chi connectivity index (χ2v) is 10.4. The van der Waals surface area contributed by atoms with Crippen LogP contribution in [0.4, 0.5) is 14.6 Å². The molecule has 39 heavy (non-hydrogen) atoms. The van der Waals surface area contributed by atoms with Crippen LogP contribution in [0.2, 0.25) is 0 Å². The molecule has 5 rings (SSSR count). The second kappa shape index (κ2) is 10.6. The molecule has 2 amide bonds. The Balaban J connectivity index is 1.16. The lowest BCUT2D eigenvalue weighted by molar-refractivity contribution is -0.147. The van der Waals surface area contributed by atoms with Crippen LogP contribution in [0.5, 0.6) is 11.6 Å². The van der Waals surface area contributed by atoms with Crippen molar-refractivity contribution in [2.45, 2.75) is 51.7 Å². The summed E-state index contributed by atoms with van der Waals surface area (Å²) < 4.78 is 34.0. The van der Waals surface area contributed by atoms with Gasteiger partial charge in [0.05, 0.1) is 36.4 Å². The van der Waals surface area contributed by atoms with Crippen LogP contribution in [-0.2, 0) is 22.6 Å². The summed E-state index contributed by atoms with van der Waals surface area (Å²) in [6.07, 6.45) is 5.54. The summed E-state index contributed by atoms with van der Waals surface area (Å²) in [6, 6.07) is 2.45. The van der Waals surface area contributed by atoms with E-state index in [4.69, 9.17) is 4.74 Å². The van der Waals surface area contributed by atoms with Crippen LogP contribution in [0, 0.1) is 17.6 Å². The summed E-state index contributed by atoms with van der Waals surface area (Å²) in [7, 11) is 0. The summed E-state index contributed by atoms with van der Waals surface area (Å²) in [6.45, 7) is 7.95. The van der Waals surface area contributed by atoms with Gasteiger partial charge in [-0.15, -0.1) is 0 Å². The molecule has 2 aromatic heterocycles. The first kappa shape index (κ1) is 26.6. The molecule has 2 aliphatic rings. The lowest BCUT2D eigenvalue weighted by atomic mass is 9.92. The normalized spacial score (nSPS) is 19.7. The first-order valence-corrected chi connectivity index (χ1v) is 12.8. The molecule has 0 bridgehead atoms. The number of nitrogens with zero attached hydrogens (tertiary/aromatic N) is 7. The molecule has 0 aliphatic carbocycles. The van der Waals surface area contributed by atoms with Crippen LogP contribution in [0.3, 0.4) is 0 Å². The number of carbonyl (C=O) groups is 2. The molecule has 2 aliphatic heterocycles. The number of carbonyl (C=O) groups excluding carboxylic acids is 2. The number of halogens is 2. The molecule has 4 heterocycles. The molecule has 1 saturated heterocycles. The van der Waals surface area contributed by atoms with Crippen LogP contribution in [0.1, 0.15) is 33.0 Å². The number of aromatic nitrogens is 5. The highest BCUT2D eigenvalue weighted by Crippen LogP contribution is 2.28. The zero-order valence-corrected chi connectivity index (χ0v) is 22.0. The zero-order chi connectivity index (χ0) is 27.7. The van der Waals surface area contributed by atoms with Crippen molar-refractivity contribution in [1.82, 2.24) is 34.5 Å². The van der Waals surface area contributed by atoms with Crippen molar-refractivity contribution in [2.75, 3.05) is 25.0 Å². The van der Waals surface area contributed by atoms with Crippen molar-refractivity contribution in [2.24, 2.45) is 5.92 Å². The van der Waals surface area contributed by atoms with Crippen molar-refractivity contribution in [1.29, 1.82) is 0 Å². The van der Waals surface area contributed by atoms with Gasteiger partial charge in [0.25, 0.3) is 0 Å². The minimum Gasteiger partial charge on any atom is -0.434 e. The number of rotatable bonds is 6. The van der Waals surface area contributed by atoms with E-state index in [1.807, 2.05) is 28.3 Å². The molecule has 1 N–H and O–H groups in total. The summed E-state index contributed by atoms with van der Waals surface area (Å²) in [4.78, 5) is 42.8. The molecule has 206 valence electrons. The molecule has 0 spiro atoms. The van der Waals surface area contributed by atoms with Crippen LogP contribution in [0.25, 0.3) is 0 Å². The lowest BCUT2D eigenvalue weighted by Crippen LogP contribution is -2.64. The van der Waals surface area contributed by atoms with E-state index in [2.05, 4.69) is 25.4 Å². The van der Waals surface area contributed by atoms with Gasteiger partial charge in [-0.2, -0.15) is 5.10 Å². The zero-order valence-electron chi connectivity index (χ0n) is 22.0. The van der Waals surface area contributed by atoms with Crippen molar-refractivity contribution < 1.29 is 23.1 Å². The third kappa shape index (κ3) is 5.72. The predicted molar refractivity (Wildman–Crippen MR) is 136 cm³/mol. The Labute approximate surface area is 224 Å². The third-order valence-electron chi connectivity index (χ3n) is 7.27. The van der Waals surface area contributed by atoms with Crippen LogP contribution >= 0.6 is 0 Å². The van der Waals surface area contributed by atoms with E-state index in [0.29, 0.717) is 32.2 Å². The van der Waals surface area contributed by atoms with Crippen molar-refractivity contribution in [3.8, 4) is 11.6 Å². The number of benzene rings is 1. The molecule has 1 aromatic carbocycles. The van der Waals surface area contributed by atoms with E-state index < -0.39 is 23.2 Å². The van der Waals surface area contributed by atoms with Gasteiger partial charge in [-0.1, -0.05) is 0 Å². The van der Waals surface area contributed by atoms with E-state index in [-0.39, 0.29) is 35.2 Å². The minimum absolute atomic E-state index is 0.00731. The highest BCUT2D eigenvalue weighted by Gasteiger charge is 2.42. The number of hydrogen-bond donors (Lipinski definition) is 1. The van der Waals surface area contributed by atoms with Crippen molar-refractivity contribution in [3.05, 3.63) is 54.4 Å². The van der Waals surface area contributed by atoms with Crippen molar-refractivity contribution >= 4 is 17.6 Å². The second-order valence-electron chi connectivity index (χ2n) is 10.4. The standard InChI is InChI=1S/C26H30F2N8O3/c1-16(24(37)33-21-11-30-23(12-29-21)39-20-6-5-18(27)10-19(20)28)34-8-9-35(26(2,3)14-34)25(38)17-4-7-22-31-15-32-36(22)13-17/h5-6,10-12,15-17H,4,7-9,13-14H2,1-3H3,(H,29,33,37)/t16-,17-/m0/s1. The van der Waals surface area contributed by atoms with Crippen LogP contribution < -0.4 is 10.1 Å². The number of fused-ring (bicyclic) bond motifs is 1. The summed E-state index contributed by atoms with van der Waals surface area (Å²) >= 11 is 0. The largest absolute Gasteiger partial charge is 0.434 e. The number of anilines is 1. The van der Waals surface area contributed by atoms with E-state index in [1.165, 1.54) is 18.7 Å². The van der Waals surface area contributed by atoms with E-state index >= 15 is 0 Å². The Morgan fingerprint density at radius 1 is 1.15 bits per heavy atom. The molecule has 13 heteroatoms. The van der Waals surface area contributed by atoms with Gasteiger partial charge in [0.15, 0.2) is 17.4 Å². The average Bonchev–Trinajstić information content (AvgIpc) is 3.38. The SMILES string of the molecule is C[C@@H](C(=O)Nc1cnc(Oc2ccc(F)cc2F)cn1)N1CCN(C(=O)[C@H]2CCc3ncnn3C2)C(C)(C)C1. The van der Waals surface area contributed by atoms with E-state index in [9.17, 15) is 18.4 Å². The van der Waals surface area contributed by atoms with Crippen molar-refractivity contribution in [3.63, 3.8) is 0 Å². The molecule has 0 radical (unpaired) electrons.